The summed E-state index contributed by atoms with van der Waals surface area (Å²) >= 11 is 0. The van der Waals surface area contributed by atoms with Crippen molar-refractivity contribution in [1.29, 1.82) is 0 Å². The van der Waals surface area contributed by atoms with Gasteiger partial charge in [-0.3, -0.25) is 0 Å². The highest BCUT2D eigenvalue weighted by molar-refractivity contribution is 5.67. The van der Waals surface area contributed by atoms with Gasteiger partial charge in [-0.05, 0) is 77.2 Å². The quantitative estimate of drug-likeness (QED) is 0.0482. The van der Waals surface area contributed by atoms with Crippen molar-refractivity contribution in [3.63, 3.8) is 0 Å². The lowest BCUT2D eigenvalue weighted by Crippen LogP contribution is -2.35. The SMILES string of the molecule is CCCCCCCC/C=C\CCCCCCCCOCC(COC(=O)NCCNCCCC)OCCCCCCCC/C=C\CCCCCCCC. The van der Waals surface area contributed by atoms with Gasteiger partial charge < -0.3 is 24.8 Å². The number of hydrogen-bond acceptors (Lipinski definition) is 5. The number of alkyl carbamates (subject to hydrolysis) is 1. The van der Waals surface area contributed by atoms with Crippen molar-refractivity contribution in [2.75, 3.05) is 46.1 Å². The van der Waals surface area contributed by atoms with Crippen LogP contribution in [-0.2, 0) is 14.2 Å². The smallest absolute Gasteiger partial charge is 0.407 e. The van der Waals surface area contributed by atoms with Crippen LogP contribution in [0.5, 0.6) is 0 Å². The van der Waals surface area contributed by atoms with E-state index in [1.165, 1.54) is 173 Å². The molecule has 0 aromatic heterocycles. The molecule has 52 heavy (non-hydrogen) atoms. The number of ether oxygens (including phenoxy) is 3. The Bertz CT molecular complexity index is 744. The van der Waals surface area contributed by atoms with E-state index in [1.54, 1.807) is 0 Å². The Morgan fingerprint density at radius 2 is 0.885 bits per heavy atom. The molecule has 2 N–H and O–H groups in total. The Labute approximate surface area is 324 Å². The fourth-order valence-corrected chi connectivity index (χ4v) is 6.31. The molecule has 0 radical (unpaired) electrons. The Morgan fingerprint density at radius 1 is 0.462 bits per heavy atom. The molecule has 6 heteroatoms. The number of carbonyl (C=O) groups is 1. The molecular weight excluding hydrogens is 645 g/mol. The van der Waals surface area contributed by atoms with Crippen molar-refractivity contribution in [1.82, 2.24) is 10.6 Å². The van der Waals surface area contributed by atoms with E-state index in [2.05, 4.69) is 55.7 Å². The maximum atomic E-state index is 12.2. The molecule has 0 bridgehead atoms. The lowest BCUT2D eigenvalue weighted by Gasteiger charge is -2.18. The largest absolute Gasteiger partial charge is 0.447 e. The van der Waals surface area contributed by atoms with Crippen LogP contribution in [0.1, 0.15) is 213 Å². The molecule has 1 atom stereocenters. The molecule has 0 aliphatic rings. The summed E-state index contributed by atoms with van der Waals surface area (Å²) in [6.45, 7) is 11.2. The highest BCUT2D eigenvalue weighted by Crippen LogP contribution is 2.12. The molecule has 0 saturated heterocycles. The first-order valence-corrected chi connectivity index (χ1v) is 22.8. The summed E-state index contributed by atoms with van der Waals surface area (Å²) in [6, 6.07) is 0. The summed E-state index contributed by atoms with van der Waals surface area (Å²) in [7, 11) is 0. The van der Waals surface area contributed by atoms with Crippen LogP contribution < -0.4 is 10.6 Å². The topological polar surface area (TPSA) is 68.8 Å². The van der Waals surface area contributed by atoms with E-state index in [9.17, 15) is 4.79 Å². The van der Waals surface area contributed by atoms with Crippen LogP contribution in [0.3, 0.4) is 0 Å². The average molecular weight is 735 g/mol. The fraction of sp³-hybridized carbons (Fsp3) is 0.891. The van der Waals surface area contributed by atoms with Gasteiger partial charge in [0, 0.05) is 26.3 Å². The van der Waals surface area contributed by atoms with E-state index in [4.69, 9.17) is 14.2 Å². The lowest BCUT2D eigenvalue weighted by molar-refractivity contribution is -0.0468. The van der Waals surface area contributed by atoms with E-state index in [-0.39, 0.29) is 18.8 Å². The summed E-state index contributed by atoms with van der Waals surface area (Å²) in [6.07, 6.45) is 47.7. The standard InChI is InChI=1S/C46H90N2O4/c1-4-7-10-12-14-16-18-20-22-24-26-28-30-32-34-36-41-50-43-45(44-52-46(49)48-40-39-47-38-9-6-3)51-42-37-35-33-31-29-27-25-23-21-19-17-15-13-11-8-5-2/h20-23,45,47H,4-19,24-44H2,1-3H3,(H,48,49)/b22-20-,23-21-. The van der Waals surface area contributed by atoms with Gasteiger partial charge >= 0.3 is 6.09 Å². The van der Waals surface area contributed by atoms with E-state index >= 15 is 0 Å². The molecule has 0 aromatic rings. The number of amides is 1. The van der Waals surface area contributed by atoms with Gasteiger partial charge in [-0.25, -0.2) is 4.79 Å². The van der Waals surface area contributed by atoms with Crippen molar-refractivity contribution in [3.05, 3.63) is 24.3 Å². The molecular formula is C46H90N2O4. The molecule has 0 aliphatic carbocycles. The highest BCUT2D eigenvalue weighted by Gasteiger charge is 2.13. The minimum Gasteiger partial charge on any atom is -0.447 e. The zero-order valence-electron chi connectivity index (χ0n) is 35.2. The number of nitrogens with one attached hydrogen (secondary N) is 2. The van der Waals surface area contributed by atoms with Gasteiger partial charge in [0.05, 0.1) is 6.61 Å². The van der Waals surface area contributed by atoms with E-state index in [0.29, 0.717) is 19.8 Å². The Kier molecular flexibility index (Phi) is 44.6. The highest BCUT2D eigenvalue weighted by atomic mass is 16.6. The van der Waals surface area contributed by atoms with Crippen LogP contribution in [0.25, 0.3) is 0 Å². The van der Waals surface area contributed by atoms with Crippen molar-refractivity contribution in [3.8, 4) is 0 Å². The van der Waals surface area contributed by atoms with Crippen molar-refractivity contribution < 1.29 is 19.0 Å². The van der Waals surface area contributed by atoms with Gasteiger partial charge in [0.1, 0.15) is 12.7 Å². The van der Waals surface area contributed by atoms with Crippen molar-refractivity contribution in [2.45, 2.75) is 219 Å². The van der Waals surface area contributed by atoms with Crippen molar-refractivity contribution >= 4 is 6.09 Å². The van der Waals surface area contributed by atoms with Gasteiger partial charge in [-0.15, -0.1) is 0 Å². The zero-order chi connectivity index (χ0) is 37.7. The van der Waals surface area contributed by atoms with Crippen LogP contribution in [-0.4, -0.2) is 58.3 Å². The summed E-state index contributed by atoms with van der Waals surface area (Å²) in [5, 5.41) is 6.18. The second kappa shape index (κ2) is 45.8. The zero-order valence-corrected chi connectivity index (χ0v) is 35.2. The lowest BCUT2D eigenvalue weighted by atomic mass is 10.1. The maximum Gasteiger partial charge on any atom is 0.407 e. The van der Waals surface area contributed by atoms with Gasteiger partial charge in [0.15, 0.2) is 0 Å². The first kappa shape index (κ1) is 50.6. The third kappa shape index (κ3) is 43.0. The molecule has 0 fully saturated rings. The molecule has 1 amide bonds. The number of carbonyl (C=O) groups excluding carboxylic acids is 1. The van der Waals surface area contributed by atoms with Crippen LogP contribution in [0, 0.1) is 0 Å². The predicted octanol–water partition coefficient (Wildman–Crippen LogP) is 13.6. The van der Waals surface area contributed by atoms with E-state index < -0.39 is 0 Å². The molecule has 0 heterocycles. The first-order chi connectivity index (χ1) is 25.7. The first-order valence-electron chi connectivity index (χ1n) is 22.8. The Hall–Kier alpha value is -1.37. The Balaban J connectivity index is 4.01. The normalized spacial score (nSPS) is 12.4. The van der Waals surface area contributed by atoms with Crippen molar-refractivity contribution in [2.24, 2.45) is 0 Å². The summed E-state index contributed by atoms with van der Waals surface area (Å²) in [5.74, 6) is 0. The molecule has 0 aromatic carbocycles. The average Bonchev–Trinajstić information content (AvgIpc) is 3.15. The molecule has 0 spiro atoms. The summed E-state index contributed by atoms with van der Waals surface area (Å²) < 4.78 is 17.7. The summed E-state index contributed by atoms with van der Waals surface area (Å²) in [5.41, 5.74) is 0. The third-order valence-electron chi connectivity index (χ3n) is 9.79. The van der Waals surface area contributed by atoms with Crippen LogP contribution in [0.4, 0.5) is 4.79 Å². The number of rotatable bonds is 43. The minimum atomic E-state index is -0.378. The second-order valence-electron chi connectivity index (χ2n) is 15.1. The molecule has 6 nitrogen and oxygen atoms in total. The molecule has 0 saturated carbocycles. The Morgan fingerprint density at radius 3 is 1.37 bits per heavy atom. The maximum absolute atomic E-state index is 12.2. The monoisotopic (exact) mass is 735 g/mol. The number of hydrogen-bond donors (Lipinski definition) is 2. The third-order valence-corrected chi connectivity index (χ3v) is 9.79. The van der Waals surface area contributed by atoms with Gasteiger partial charge in [0.25, 0.3) is 0 Å². The second-order valence-corrected chi connectivity index (χ2v) is 15.1. The fourth-order valence-electron chi connectivity index (χ4n) is 6.31. The van der Waals surface area contributed by atoms with Crippen LogP contribution in [0.2, 0.25) is 0 Å². The van der Waals surface area contributed by atoms with E-state index in [1.807, 2.05) is 0 Å². The number of allylic oxidation sites excluding steroid dienone is 4. The van der Waals surface area contributed by atoms with Crippen LogP contribution >= 0.6 is 0 Å². The molecule has 1 unspecified atom stereocenters. The minimum absolute atomic E-state index is 0.217. The molecule has 0 aliphatic heterocycles. The predicted molar refractivity (Wildman–Crippen MR) is 227 cm³/mol. The van der Waals surface area contributed by atoms with Crippen LogP contribution in [0.15, 0.2) is 24.3 Å². The van der Waals surface area contributed by atoms with Gasteiger partial charge in [0.2, 0.25) is 0 Å². The number of unbranched alkanes of at least 4 members (excludes halogenated alkanes) is 25. The van der Waals surface area contributed by atoms with Gasteiger partial charge in [-0.1, -0.05) is 167 Å². The molecule has 308 valence electrons. The summed E-state index contributed by atoms with van der Waals surface area (Å²) in [4.78, 5) is 12.2. The van der Waals surface area contributed by atoms with Gasteiger partial charge in [-0.2, -0.15) is 0 Å². The van der Waals surface area contributed by atoms with E-state index in [0.717, 1.165) is 39.0 Å². The molecule has 0 rings (SSSR count).